The Morgan fingerprint density at radius 2 is 2.08 bits per heavy atom. The first-order chi connectivity index (χ1) is 5.57. The third-order valence-electron chi connectivity index (χ3n) is 1.82. The molecule has 0 rings (SSSR count). The fraction of sp³-hybridized carbons (Fsp3) is 0.600. The van der Waals surface area contributed by atoms with Crippen LogP contribution in [0.2, 0.25) is 0 Å². The smallest absolute Gasteiger partial charge is 0.0747 e. The fourth-order valence-corrected chi connectivity index (χ4v) is 0.869. The van der Waals surface area contributed by atoms with Gasteiger partial charge in [-0.2, -0.15) is 0 Å². The highest BCUT2D eigenvalue weighted by Gasteiger charge is 2.03. The summed E-state index contributed by atoms with van der Waals surface area (Å²) in [4.78, 5) is 0. The van der Waals surface area contributed by atoms with Crippen LogP contribution in [-0.2, 0) is 0 Å². The Bertz CT molecular complexity index is 171. The average molecular weight is 170 g/mol. The molecule has 0 saturated carbocycles. The molecule has 0 spiro atoms. The van der Waals surface area contributed by atoms with E-state index in [1.165, 1.54) is 0 Å². The summed E-state index contributed by atoms with van der Waals surface area (Å²) in [5.41, 5.74) is 1.91. The van der Waals surface area contributed by atoms with Gasteiger partial charge in [-0.3, -0.25) is 0 Å². The molecule has 0 aromatic rings. The van der Waals surface area contributed by atoms with Gasteiger partial charge in [-0.1, -0.05) is 23.8 Å². The van der Waals surface area contributed by atoms with Crippen molar-refractivity contribution in [1.82, 2.24) is 0 Å². The van der Waals surface area contributed by atoms with Gasteiger partial charge in [-0.15, -0.1) is 0 Å². The first-order valence-electron chi connectivity index (χ1n) is 4.18. The Hall–Kier alpha value is -0.600. The topological polar surface area (TPSA) is 40.5 Å². The van der Waals surface area contributed by atoms with E-state index in [1.807, 2.05) is 13.8 Å². The van der Waals surface area contributed by atoms with E-state index >= 15 is 0 Å². The Balaban J connectivity index is 3.68. The standard InChI is InChI=1S/C10H18O2/c1-8(2)10(12)5-4-9(3)6-7-11/h6,10-12H,1,4-5,7H2,2-3H3/b9-6+. The Labute approximate surface area is 74.2 Å². The van der Waals surface area contributed by atoms with Crippen molar-refractivity contribution in [1.29, 1.82) is 0 Å². The van der Waals surface area contributed by atoms with Gasteiger partial charge in [0, 0.05) is 0 Å². The summed E-state index contributed by atoms with van der Waals surface area (Å²) >= 11 is 0. The number of aliphatic hydroxyl groups excluding tert-OH is 2. The van der Waals surface area contributed by atoms with Gasteiger partial charge in [0.25, 0.3) is 0 Å². The molecular weight excluding hydrogens is 152 g/mol. The summed E-state index contributed by atoms with van der Waals surface area (Å²) in [6.45, 7) is 7.50. The summed E-state index contributed by atoms with van der Waals surface area (Å²) < 4.78 is 0. The molecule has 0 heterocycles. The van der Waals surface area contributed by atoms with Crippen molar-refractivity contribution in [2.75, 3.05) is 6.61 Å². The molecule has 0 aromatic carbocycles. The predicted octanol–water partition coefficient (Wildman–Crippen LogP) is 1.64. The third-order valence-corrected chi connectivity index (χ3v) is 1.82. The van der Waals surface area contributed by atoms with Crippen LogP contribution < -0.4 is 0 Å². The number of hydrogen-bond donors (Lipinski definition) is 2. The van der Waals surface area contributed by atoms with Gasteiger partial charge >= 0.3 is 0 Å². The largest absolute Gasteiger partial charge is 0.392 e. The van der Waals surface area contributed by atoms with Gasteiger partial charge in [0.2, 0.25) is 0 Å². The molecule has 70 valence electrons. The summed E-state index contributed by atoms with van der Waals surface area (Å²) in [7, 11) is 0. The number of allylic oxidation sites excluding steroid dienone is 1. The van der Waals surface area contributed by atoms with E-state index in [-0.39, 0.29) is 6.61 Å². The average Bonchev–Trinajstić information content (AvgIpc) is 2.00. The maximum atomic E-state index is 9.35. The van der Waals surface area contributed by atoms with Crippen LogP contribution in [0.3, 0.4) is 0 Å². The number of rotatable bonds is 5. The summed E-state index contributed by atoms with van der Waals surface area (Å²) in [5.74, 6) is 0. The Morgan fingerprint density at radius 1 is 1.50 bits per heavy atom. The van der Waals surface area contributed by atoms with E-state index in [4.69, 9.17) is 5.11 Å². The molecule has 0 amide bonds. The van der Waals surface area contributed by atoms with Crippen molar-refractivity contribution < 1.29 is 10.2 Å². The lowest BCUT2D eigenvalue weighted by atomic mass is 10.0. The zero-order valence-corrected chi connectivity index (χ0v) is 7.88. The van der Waals surface area contributed by atoms with Crippen LogP contribution >= 0.6 is 0 Å². The van der Waals surface area contributed by atoms with Crippen molar-refractivity contribution in [2.24, 2.45) is 0 Å². The molecule has 1 unspecified atom stereocenters. The van der Waals surface area contributed by atoms with E-state index < -0.39 is 6.10 Å². The van der Waals surface area contributed by atoms with Crippen LogP contribution in [0.1, 0.15) is 26.7 Å². The van der Waals surface area contributed by atoms with E-state index in [9.17, 15) is 5.11 Å². The molecule has 0 saturated heterocycles. The molecular formula is C10H18O2. The van der Waals surface area contributed by atoms with E-state index in [0.29, 0.717) is 6.42 Å². The molecule has 0 fully saturated rings. The zero-order chi connectivity index (χ0) is 9.56. The molecule has 0 aliphatic rings. The predicted molar refractivity (Wildman–Crippen MR) is 50.9 cm³/mol. The van der Waals surface area contributed by atoms with Crippen LogP contribution in [0.25, 0.3) is 0 Å². The molecule has 1 atom stereocenters. The molecule has 0 aromatic heterocycles. The van der Waals surface area contributed by atoms with Crippen molar-refractivity contribution in [3.05, 3.63) is 23.8 Å². The minimum Gasteiger partial charge on any atom is -0.392 e. The van der Waals surface area contributed by atoms with Crippen LogP contribution in [0.15, 0.2) is 23.8 Å². The second kappa shape index (κ2) is 5.98. The highest BCUT2D eigenvalue weighted by molar-refractivity contribution is 5.02. The molecule has 0 bridgehead atoms. The summed E-state index contributed by atoms with van der Waals surface area (Å²) in [6, 6.07) is 0. The lowest BCUT2D eigenvalue weighted by Gasteiger charge is -2.09. The minimum atomic E-state index is -0.410. The highest BCUT2D eigenvalue weighted by atomic mass is 16.3. The lowest BCUT2D eigenvalue weighted by Crippen LogP contribution is -2.06. The van der Waals surface area contributed by atoms with Gasteiger partial charge < -0.3 is 10.2 Å². The van der Waals surface area contributed by atoms with Gasteiger partial charge in [-0.05, 0) is 26.7 Å². The van der Waals surface area contributed by atoms with Crippen LogP contribution in [0, 0.1) is 0 Å². The molecule has 12 heavy (non-hydrogen) atoms. The Morgan fingerprint density at radius 3 is 2.50 bits per heavy atom. The van der Waals surface area contributed by atoms with E-state index in [1.54, 1.807) is 6.08 Å². The van der Waals surface area contributed by atoms with Crippen molar-refractivity contribution in [3.8, 4) is 0 Å². The first-order valence-corrected chi connectivity index (χ1v) is 4.18. The summed E-state index contributed by atoms with van der Waals surface area (Å²) in [5, 5.41) is 17.9. The van der Waals surface area contributed by atoms with Crippen LogP contribution in [0.4, 0.5) is 0 Å². The maximum absolute atomic E-state index is 9.35. The fourth-order valence-electron chi connectivity index (χ4n) is 0.869. The quantitative estimate of drug-likeness (QED) is 0.616. The van der Waals surface area contributed by atoms with Crippen LogP contribution in [-0.4, -0.2) is 22.9 Å². The molecule has 0 radical (unpaired) electrons. The maximum Gasteiger partial charge on any atom is 0.0747 e. The second-order valence-corrected chi connectivity index (χ2v) is 3.13. The van der Waals surface area contributed by atoms with Crippen LogP contribution in [0.5, 0.6) is 0 Å². The molecule has 0 aliphatic carbocycles. The van der Waals surface area contributed by atoms with Crippen molar-refractivity contribution >= 4 is 0 Å². The molecule has 0 aliphatic heterocycles. The SMILES string of the molecule is C=C(C)C(O)CC/C(C)=C/CO. The normalized spacial score (nSPS) is 14.5. The van der Waals surface area contributed by atoms with Gasteiger partial charge in [-0.25, -0.2) is 0 Å². The second-order valence-electron chi connectivity index (χ2n) is 3.13. The minimum absolute atomic E-state index is 0.0784. The summed E-state index contributed by atoms with van der Waals surface area (Å²) in [6.07, 6.45) is 2.85. The van der Waals surface area contributed by atoms with E-state index in [2.05, 4.69) is 6.58 Å². The van der Waals surface area contributed by atoms with Gasteiger partial charge in [0.1, 0.15) is 0 Å². The number of hydrogen-bond acceptors (Lipinski definition) is 2. The monoisotopic (exact) mass is 170 g/mol. The molecule has 2 heteroatoms. The van der Waals surface area contributed by atoms with Gasteiger partial charge in [0.05, 0.1) is 12.7 Å². The Kier molecular flexibility index (Phi) is 5.68. The molecule has 2 nitrogen and oxygen atoms in total. The molecule has 2 N–H and O–H groups in total. The number of aliphatic hydroxyl groups is 2. The van der Waals surface area contributed by atoms with Crippen molar-refractivity contribution in [3.63, 3.8) is 0 Å². The highest BCUT2D eigenvalue weighted by Crippen LogP contribution is 2.10. The first kappa shape index (κ1) is 11.4. The van der Waals surface area contributed by atoms with E-state index in [0.717, 1.165) is 17.6 Å². The zero-order valence-electron chi connectivity index (χ0n) is 7.88. The lowest BCUT2D eigenvalue weighted by molar-refractivity contribution is 0.201. The van der Waals surface area contributed by atoms with Crippen molar-refractivity contribution in [2.45, 2.75) is 32.8 Å². The van der Waals surface area contributed by atoms with Gasteiger partial charge in [0.15, 0.2) is 0 Å². The third kappa shape index (κ3) is 5.10.